The van der Waals surface area contributed by atoms with Gasteiger partial charge in [-0.1, -0.05) is 206 Å². The van der Waals surface area contributed by atoms with Crippen molar-refractivity contribution in [1.29, 1.82) is 0 Å². The Hall–Kier alpha value is -8.98. The van der Waals surface area contributed by atoms with Crippen LogP contribution in [0, 0.1) is 0 Å². The minimum Gasteiger partial charge on any atom is -0.311 e. The normalized spacial score (nSPS) is 12.5. The van der Waals surface area contributed by atoms with Gasteiger partial charge < -0.3 is 9.47 Å². The van der Waals surface area contributed by atoms with Crippen LogP contribution in [-0.2, 0) is 5.41 Å². The average molecular weight is 879 g/mol. The molecule has 0 N–H and O–H groups in total. The molecule has 0 unspecified atom stereocenters. The van der Waals surface area contributed by atoms with Crippen molar-refractivity contribution in [2.45, 2.75) is 5.41 Å². The first-order valence-electron chi connectivity index (χ1n) is 23.8. The van der Waals surface area contributed by atoms with E-state index in [4.69, 9.17) is 0 Å². The molecule has 0 amide bonds. The molecule has 69 heavy (non-hydrogen) atoms. The third-order valence-electron chi connectivity index (χ3n) is 14.3. The molecule has 1 heterocycles. The van der Waals surface area contributed by atoms with Crippen molar-refractivity contribution in [3.8, 4) is 50.2 Å². The van der Waals surface area contributed by atoms with E-state index in [9.17, 15) is 0 Å². The summed E-state index contributed by atoms with van der Waals surface area (Å²) in [4.78, 5) is 2.34. The van der Waals surface area contributed by atoms with Crippen molar-refractivity contribution >= 4 is 38.9 Å². The molecule has 324 valence electrons. The van der Waals surface area contributed by atoms with Gasteiger partial charge in [-0.15, -0.1) is 0 Å². The van der Waals surface area contributed by atoms with E-state index >= 15 is 0 Å². The Balaban J connectivity index is 0.813. The number of anilines is 3. The third kappa shape index (κ3) is 6.72. The van der Waals surface area contributed by atoms with Crippen LogP contribution < -0.4 is 4.90 Å². The van der Waals surface area contributed by atoms with E-state index in [0.29, 0.717) is 0 Å². The number of nitrogens with zero attached hydrogens (tertiary/aromatic N) is 2. The standard InChI is InChI=1S/C67H46N2/c1-5-17-53(18-6-1)67(54-19-7-2-8-20-54)63-27-15-13-25-59(63)60-43-37-52(46-64(60)67)50-35-41-58(42-36-50)68(55-21-9-3-10-22-55)57-39-33-48(34-40-57)47-29-31-49(32-30-47)51-38-44-66-62(45-51)61-26-14-16-28-65(61)69(66)56-23-11-4-12-24-56/h1-46H. The fourth-order valence-electron chi connectivity index (χ4n) is 11.1. The average Bonchev–Trinajstić information content (AvgIpc) is 3.93. The van der Waals surface area contributed by atoms with Gasteiger partial charge in [-0.05, 0) is 140 Å². The highest BCUT2D eigenvalue weighted by molar-refractivity contribution is 6.10. The topological polar surface area (TPSA) is 8.17 Å². The molecular weight excluding hydrogens is 833 g/mol. The predicted molar refractivity (Wildman–Crippen MR) is 289 cm³/mol. The quantitative estimate of drug-likeness (QED) is 0.140. The molecule has 1 aromatic heterocycles. The maximum absolute atomic E-state index is 2.44. The fraction of sp³-hybridized carbons (Fsp3) is 0.0149. The first kappa shape index (κ1) is 40.3. The largest absolute Gasteiger partial charge is 0.311 e. The first-order chi connectivity index (χ1) is 34.2. The summed E-state index contributed by atoms with van der Waals surface area (Å²) in [5.74, 6) is 0. The molecule has 12 aromatic rings. The molecule has 2 heteroatoms. The van der Waals surface area contributed by atoms with Gasteiger partial charge in [-0.3, -0.25) is 0 Å². The van der Waals surface area contributed by atoms with Gasteiger partial charge in [0.05, 0.1) is 16.4 Å². The zero-order chi connectivity index (χ0) is 45.7. The molecule has 1 aliphatic rings. The van der Waals surface area contributed by atoms with E-state index in [-0.39, 0.29) is 0 Å². The second kappa shape index (κ2) is 16.7. The molecular formula is C67H46N2. The van der Waals surface area contributed by atoms with Crippen LogP contribution >= 0.6 is 0 Å². The van der Waals surface area contributed by atoms with Crippen LogP contribution in [0.2, 0.25) is 0 Å². The van der Waals surface area contributed by atoms with Crippen molar-refractivity contribution in [2.24, 2.45) is 0 Å². The lowest BCUT2D eigenvalue weighted by molar-refractivity contribution is 0.769. The Kier molecular flexibility index (Phi) is 9.77. The van der Waals surface area contributed by atoms with E-state index in [1.807, 2.05) is 0 Å². The van der Waals surface area contributed by atoms with Crippen LogP contribution in [0.1, 0.15) is 22.3 Å². The Morgan fingerprint density at radius 3 is 1.32 bits per heavy atom. The van der Waals surface area contributed by atoms with Crippen LogP contribution in [0.25, 0.3) is 72.0 Å². The van der Waals surface area contributed by atoms with E-state index < -0.39 is 5.41 Å². The lowest BCUT2D eigenvalue weighted by atomic mass is 9.67. The van der Waals surface area contributed by atoms with Crippen LogP contribution in [0.15, 0.2) is 279 Å². The summed E-state index contributed by atoms with van der Waals surface area (Å²) in [7, 11) is 0. The highest BCUT2D eigenvalue weighted by Gasteiger charge is 2.46. The third-order valence-corrected chi connectivity index (χ3v) is 14.3. The van der Waals surface area contributed by atoms with Gasteiger partial charge in [-0.25, -0.2) is 0 Å². The molecule has 0 bridgehead atoms. The monoisotopic (exact) mass is 878 g/mol. The zero-order valence-electron chi connectivity index (χ0n) is 38.0. The van der Waals surface area contributed by atoms with Gasteiger partial charge >= 0.3 is 0 Å². The molecule has 0 radical (unpaired) electrons. The van der Waals surface area contributed by atoms with Gasteiger partial charge in [0.1, 0.15) is 0 Å². The number of rotatable bonds is 9. The summed E-state index contributed by atoms with van der Waals surface area (Å²) in [5.41, 5.74) is 21.4. The van der Waals surface area contributed by atoms with Crippen molar-refractivity contribution in [1.82, 2.24) is 4.57 Å². The van der Waals surface area contributed by atoms with Gasteiger partial charge in [0.25, 0.3) is 0 Å². The maximum atomic E-state index is 2.44. The second-order valence-corrected chi connectivity index (χ2v) is 18.1. The summed E-state index contributed by atoms with van der Waals surface area (Å²) < 4.78 is 2.37. The highest BCUT2D eigenvalue weighted by atomic mass is 15.1. The summed E-state index contributed by atoms with van der Waals surface area (Å²) in [6, 6.07) is 102. The Morgan fingerprint density at radius 1 is 0.275 bits per heavy atom. The van der Waals surface area contributed by atoms with Gasteiger partial charge in [0.15, 0.2) is 0 Å². The Bertz CT molecular complexity index is 3740. The molecule has 0 aliphatic heterocycles. The maximum Gasteiger partial charge on any atom is 0.0713 e. The molecule has 0 saturated carbocycles. The van der Waals surface area contributed by atoms with E-state index in [2.05, 4.69) is 289 Å². The van der Waals surface area contributed by atoms with E-state index in [0.717, 1.165) is 17.1 Å². The number of benzene rings is 11. The predicted octanol–water partition coefficient (Wildman–Crippen LogP) is 17.6. The van der Waals surface area contributed by atoms with E-state index in [1.54, 1.807) is 0 Å². The van der Waals surface area contributed by atoms with Crippen molar-refractivity contribution in [3.05, 3.63) is 301 Å². The molecule has 11 aromatic carbocycles. The highest BCUT2D eigenvalue weighted by Crippen LogP contribution is 2.56. The molecule has 0 atom stereocenters. The lowest BCUT2D eigenvalue weighted by Crippen LogP contribution is -2.28. The van der Waals surface area contributed by atoms with Gasteiger partial charge in [0, 0.05) is 33.5 Å². The van der Waals surface area contributed by atoms with E-state index in [1.165, 1.54) is 94.3 Å². The minimum atomic E-state index is -0.440. The molecule has 0 saturated heterocycles. The van der Waals surface area contributed by atoms with Gasteiger partial charge in [0.2, 0.25) is 0 Å². The molecule has 0 fully saturated rings. The SMILES string of the molecule is c1ccc(N(c2ccc(-c3ccc(-c4ccc5c(c4)c4ccccc4n5-c4ccccc4)cc3)cc2)c2ccc(-c3ccc4c(c3)C(c3ccccc3)(c3ccccc3)c3ccccc3-4)cc2)cc1. The Labute approximate surface area is 403 Å². The molecule has 1 aliphatic carbocycles. The van der Waals surface area contributed by atoms with Crippen LogP contribution in [0.3, 0.4) is 0 Å². The molecule has 13 rings (SSSR count). The van der Waals surface area contributed by atoms with Crippen molar-refractivity contribution in [2.75, 3.05) is 4.90 Å². The minimum absolute atomic E-state index is 0.440. The zero-order valence-corrected chi connectivity index (χ0v) is 38.0. The van der Waals surface area contributed by atoms with Crippen LogP contribution in [0.4, 0.5) is 17.1 Å². The first-order valence-corrected chi connectivity index (χ1v) is 23.8. The summed E-state index contributed by atoms with van der Waals surface area (Å²) in [6.45, 7) is 0. The number of hydrogen-bond donors (Lipinski definition) is 0. The Morgan fingerprint density at radius 2 is 0.696 bits per heavy atom. The lowest BCUT2D eigenvalue weighted by Gasteiger charge is -2.34. The second-order valence-electron chi connectivity index (χ2n) is 18.1. The smallest absolute Gasteiger partial charge is 0.0713 e. The van der Waals surface area contributed by atoms with Crippen LogP contribution in [0.5, 0.6) is 0 Å². The molecule has 2 nitrogen and oxygen atoms in total. The van der Waals surface area contributed by atoms with Crippen molar-refractivity contribution in [3.63, 3.8) is 0 Å². The summed E-state index contributed by atoms with van der Waals surface area (Å²) in [6.07, 6.45) is 0. The number of hydrogen-bond acceptors (Lipinski definition) is 1. The number of para-hydroxylation sites is 3. The fourth-order valence-corrected chi connectivity index (χ4v) is 11.1. The summed E-state index contributed by atoms with van der Waals surface area (Å²) >= 11 is 0. The van der Waals surface area contributed by atoms with Gasteiger partial charge in [-0.2, -0.15) is 0 Å². The van der Waals surface area contributed by atoms with Crippen LogP contribution in [-0.4, -0.2) is 4.57 Å². The molecule has 0 spiro atoms. The van der Waals surface area contributed by atoms with Crippen molar-refractivity contribution < 1.29 is 0 Å². The number of aromatic nitrogens is 1. The summed E-state index contributed by atoms with van der Waals surface area (Å²) in [5, 5.41) is 2.52. The number of fused-ring (bicyclic) bond motifs is 6.